The van der Waals surface area contributed by atoms with Crippen LogP contribution in [-0.2, 0) is 4.79 Å². The fourth-order valence-corrected chi connectivity index (χ4v) is 2.98. The van der Waals surface area contributed by atoms with Gasteiger partial charge in [-0.15, -0.1) is 0 Å². The lowest BCUT2D eigenvalue weighted by atomic mass is 10.0. The van der Waals surface area contributed by atoms with Crippen molar-refractivity contribution in [2.75, 3.05) is 19.6 Å². The highest BCUT2D eigenvalue weighted by molar-refractivity contribution is 5.78. The number of hydrogen-bond donors (Lipinski definition) is 1. The molecule has 92 valence electrons. The predicted molar refractivity (Wildman–Crippen MR) is 65.2 cm³/mol. The Labute approximate surface area is 98.6 Å². The third kappa shape index (κ3) is 2.97. The summed E-state index contributed by atoms with van der Waals surface area (Å²) in [7, 11) is 0. The van der Waals surface area contributed by atoms with Gasteiger partial charge in [-0.1, -0.05) is 19.8 Å². The lowest BCUT2D eigenvalue weighted by Crippen LogP contribution is -2.44. The lowest BCUT2D eigenvalue weighted by Gasteiger charge is -2.28. The Bertz CT molecular complexity index is 236. The average molecular weight is 224 g/mol. The van der Waals surface area contributed by atoms with E-state index >= 15 is 0 Å². The quantitative estimate of drug-likeness (QED) is 0.789. The first-order chi connectivity index (χ1) is 7.79. The first-order valence-electron chi connectivity index (χ1n) is 6.80. The van der Waals surface area contributed by atoms with Crippen molar-refractivity contribution < 1.29 is 4.79 Å². The third-order valence-electron chi connectivity index (χ3n) is 3.84. The molecule has 0 aromatic carbocycles. The predicted octanol–water partition coefficient (Wildman–Crippen LogP) is 1.78. The summed E-state index contributed by atoms with van der Waals surface area (Å²) in [6, 6.07) is 0.554. The van der Waals surface area contributed by atoms with Crippen molar-refractivity contribution in [1.82, 2.24) is 10.2 Å². The number of nitrogens with one attached hydrogen (secondary N) is 1. The molecule has 2 rings (SSSR count). The van der Waals surface area contributed by atoms with E-state index in [-0.39, 0.29) is 0 Å². The molecule has 0 radical (unpaired) electrons. The number of hydrogen-bond acceptors (Lipinski definition) is 2. The van der Waals surface area contributed by atoms with E-state index in [1.165, 1.54) is 32.1 Å². The van der Waals surface area contributed by atoms with Gasteiger partial charge in [-0.05, 0) is 31.7 Å². The van der Waals surface area contributed by atoms with Crippen LogP contribution in [0, 0.1) is 5.92 Å². The number of rotatable bonds is 4. The Morgan fingerprint density at radius 3 is 3.00 bits per heavy atom. The Balaban J connectivity index is 1.78. The van der Waals surface area contributed by atoms with Gasteiger partial charge in [0.15, 0.2) is 0 Å². The average Bonchev–Trinajstić information content (AvgIpc) is 2.61. The van der Waals surface area contributed by atoms with Crippen molar-refractivity contribution in [3.8, 4) is 0 Å². The van der Waals surface area contributed by atoms with E-state index in [0.29, 0.717) is 17.9 Å². The van der Waals surface area contributed by atoms with E-state index in [4.69, 9.17) is 0 Å². The van der Waals surface area contributed by atoms with Crippen LogP contribution in [0.4, 0.5) is 0 Å². The zero-order valence-corrected chi connectivity index (χ0v) is 10.4. The summed E-state index contributed by atoms with van der Waals surface area (Å²) >= 11 is 0. The van der Waals surface area contributed by atoms with Crippen LogP contribution >= 0.6 is 0 Å². The molecular weight excluding hydrogens is 200 g/mol. The second-order valence-corrected chi connectivity index (χ2v) is 5.30. The molecule has 2 saturated heterocycles. The molecule has 3 heteroatoms. The number of carbonyl (C=O) groups excluding carboxylic acids is 1. The van der Waals surface area contributed by atoms with Crippen LogP contribution in [0.1, 0.15) is 45.4 Å². The Morgan fingerprint density at radius 1 is 1.44 bits per heavy atom. The van der Waals surface area contributed by atoms with Crippen LogP contribution in [0.2, 0.25) is 0 Å². The molecule has 1 N–H and O–H groups in total. The topological polar surface area (TPSA) is 32.3 Å². The second-order valence-electron chi connectivity index (χ2n) is 5.30. The Kier molecular flexibility index (Phi) is 4.22. The maximum Gasteiger partial charge on any atom is 0.222 e. The number of piperidine rings is 1. The molecule has 2 heterocycles. The Hall–Kier alpha value is -0.570. The molecule has 3 nitrogen and oxygen atoms in total. The van der Waals surface area contributed by atoms with E-state index in [9.17, 15) is 4.79 Å². The van der Waals surface area contributed by atoms with Gasteiger partial charge in [0.25, 0.3) is 0 Å². The van der Waals surface area contributed by atoms with Gasteiger partial charge in [0, 0.05) is 25.6 Å². The molecule has 2 atom stereocenters. The van der Waals surface area contributed by atoms with Gasteiger partial charge in [-0.3, -0.25) is 4.79 Å². The van der Waals surface area contributed by atoms with Gasteiger partial charge >= 0.3 is 0 Å². The summed E-state index contributed by atoms with van der Waals surface area (Å²) in [4.78, 5) is 13.9. The van der Waals surface area contributed by atoms with E-state index in [2.05, 4.69) is 17.1 Å². The molecule has 2 aliphatic heterocycles. The van der Waals surface area contributed by atoms with E-state index in [1.807, 2.05) is 0 Å². The molecule has 0 aromatic heterocycles. The first kappa shape index (κ1) is 11.9. The van der Waals surface area contributed by atoms with Gasteiger partial charge in [-0.25, -0.2) is 0 Å². The Morgan fingerprint density at radius 2 is 2.31 bits per heavy atom. The fourth-order valence-electron chi connectivity index (χ4n) is 2.98. The second kappa shape index (κ2) is 5.67. The first-order valence-corrected chi connectivity index (χ1v) is 6.80. The lowest BCUT2D eigenvalue weighted by molar-refractivity contribution is -0.128. The minimum absolute atomic E-state index is 0.380. The summed E-state index contributed by atoms with van der Waals surface area (Å²) in [6.45, 7) is 5.28. The molecule has 2 aliphatic rings. The summed E-state index contributed by atoms with van der Waals surface area (Å²) in [5, 5.41) is 3.52. The highest BCUT2D eigenvalue weighted by atomic mass is 16.2. The van der Waals surface area contributed by atoms with Crippen molar-refractivity contribution in [2.45, 2.75) is 51.5 Å². The monoisotopic (exact) mass is 224 g/mol. The zero-order valence-electron chi connectivity index (χ0n) is 10.4. The number of carbonyl (C=O) groups is 1. The zero-order chi connectivity index (χ0) is 11.4. The third-order valence-corrected chi connectivity index (χ3v) is 3.84. The molecule has 0 aromatic rings. The van der Waals surface area contributed by atoms with Crippen molar-refractivity contribution in [1.29, 1.82) is 0 Å². The van der Waals surface area contributed by atoms with Gasteiger partial charge < -0.3 is 10.2 Å². The fraction of sp³-hybridized carbons (Fsp3) is 0.923. The number of nitrogens with zero attached hydrogens (tertiary/aromatic N) is 1. The van der Waals surface area contributed by atoms with Crippen LogP contribution in [0.15, 0.2) is 0 Å². The molecule has 0 saturated carbocycles. The van der Waals surface area contributed by atoms with E-state index < -0.39 is 0 Å². The van der Waals surface area contributed by atoms with E-state index in [1.54, 1.807) is 0 Å². The molecule has 0 bridgehead atoms. The van der Waals surface area contributed by atoms with Crippen LogP contribution < -0.4 is 5.32 Å². The van der Waals surface area contributed by atoms with Crippen LogP contribution in [-0.4, -0.2) is 36.5 Å². The van der Waals surface area contributed by atoms with Crippen LogP contribution in [0.5, 0.6) is 0 Å². The van der Waals surface area contributed by atoms with Gasteiger partial charge in [-0.2, -0.15) is 0 Å². The van der Waals surface area contributed by atoms with Gasteiger partial charge in [0.05, 0.1) is 0 Å². The molecule has 0 aliphatic carbocycles. The molecule has 16 heavy (non-hydrogen) atoms. The van der Waals surface area contributed by atoms with Crippen LogP contribution in [0.25, 0.3) is 0 Å². The standard InChI is InChI=1S/C13H24N2O/c1-2-5-11-8-13(16)15(9-11)10-12-6-3-4-7-14-12/h11-12,14H,2-10H2,1H3. The van der Waals surface area contributed by atoms with Crippen molar-refractivity contribution in [3.05, 3.63) is 0 Å². The smallest absolute Gasteiger partial charge is 0.222 e. The normalized spacial score (nSPS) is 31.1. The molecule has 0 spiro atoms. The molecule has 2 fully saturated rings. The molecular formula is C13H24N2O. The maximum atomic E-state index is 11.8. The molecule has 1 amide bonds. The molecule has 2 unspecified atom stereocenters. The SMILES string of the molecule is CCCC1CC(=O)N(CC2CCCCN2)C1. The highest BCUT2D eigenvalue weighted by Gasteiger charge is 2.30. The summed E-state index contributed by atoms with van der Waals surface area (Å²) in [6.07, 6.45) is 7.05. The number of amides is 1. The van der Waals surface area contributed by atoms with Crippen molar-refractivity contribution in [3.63, 3.8) is 0 Å². The van der Waals surface area contributed by atoms with Crippen molar-refractivity contribution >= 4 is 5.91 Å². The van der Waals surface area contributed by atoms with Crippen LogP contribution in [0.3, 0.4) is 0 Å². The van der Waals surface area contributed by atoms with Crippen molar-refractivity contribution in [2.24, 2.45) is 5.92 Å². The minimum atomic E-state index is 0.380. The summed E-state index contributed by atoms with van der Waals surface area (Å²) < 4.78 is 0. The summed E-state index contributed by atoms with van der Waals surface area (Å²) in [5.74, 6) is 1.01. The van der Waals surface area contributed by atoms with Gasteiger partial charge in [0.2, 0.25) is 5.91 Å². The van der Waals surface area contributed by atoms with E-state index in [0.717, 1.165) is 26.1 Å². The maximum absolute atomic E-state index is 11.8. The van der Waals surface area contributed by atoms with Gasteiger partial charge in [0.1, 0.15) is 0 Å². The largest absolute Gasteiger partial charge is 0.341 e. The number of likely N-dealkylation sites (tertiary alicyclic amines) is 1. The minimum Gasteiger partial charge on any atom is -0.341 e. The summed E-state index contributed by atoms with van der Waals surface area (Å²) in [5.41, 5.74) is 0. The highest BCUT2D eigenvalue weighted by Crippen LogP contribution is 2.23.